The predicted octanol–water partition coefficient (Wildman–Crippen LogP) is 2.43. The predicted molar refractivity (Wildman–Crippen MR) is 105 cm³/mol. The van der Waals surface area contributed by atoms with Crippen molar-refractivity contribution in [1.82, 2.24) is 9.97 Å². The SMILES string of the molecule is CCN(Cc1ccccc1)c1nc(C)cc(N(C)C2CCS(=O)(=O)C2)n1. The summed E-state index contributed by atoms with van der Waals surface area (Å²) in [5.74, 6) is 1.91. The standard InChI is InChI=1S/C19H26N4O2S/c1-4-23(13-16-8-6-5-7-9-16)19-20-15(2)12-18(21-19)22(3)17-10-11-26(24,25)14-17/h5-9,12,17H,4,10-11,13-14H2,1-3H3. The zero-order chi connectivity index (χ0) is 18.7. The summed E-state index contributed by atoms with van der Waals surface area (Å²) in [6, 6.07) is 12.1. The normalized spacial score (nSPS) is 18.7. The van der Waals surface area contributed by atoms with Gasteiger partial charge >= 0.3 is 0 Å². The zero-order valence-electron chi connectivity index (χ0n) is 15.6. The maximum atomic E-state index is 11.8. The Morgan fingerprint density at radius 3 is 2.54 bits per heavy atom. The number of hydrogen-bond donors (Lipinski definition) is 0. The van der Waals surface area contributed by atoms with Gasteiger partial charge in [-0.05, 0) is 25.8 Å². The lowest BCUT2D eigenvalue weighted by Crippen LogP contribution is -2.34. The van der Waals surface area contributed by atoms with Gasteiger partial charge in [0.05, 0.1) is 11.5 Å². The van der Waals surface area contributed by atoms with E-state index < -0.39 is 9.84 Å². The number of anilines is 2. The lowest BCUT2D eigenvalue weighted by atomic mass is 10.2. The molecule has 6 nitrogen and oxygen atoms in total. The minimum Gasteiger partial charge on any atom is -0.355 e. The van der Waals surface area contributed by atoms with E-state index in [2.05, 4.69) is 28.9 Å². The van der Waals surface area contributed by atoms with Crippen LogP contribution in [0.2, 0.25) is 0 Å². The van der Waals surface area contributed by atoms with Crippen molar-refractivity contribution in [2.45, 2.75) is 32.9 Å². The van der Waals surface area contributed by atoms with Gasteiger partial charge in [-0.2, -0.15) is 4.98 Å². The van der Waals surface area contributed by atoms with Gasteiger partial charge in [0.2, 0.25) is 5.95 Å². The Morgan fingerprint density at radius 1 is 1.19 bits per heavy atom. The topological polar surface area (TPSA) is 66.4 Å². The van der Waals surface area contributed by atoms with Crippen LogP contribution in [0.1, 0.15) is 24.6 Å². The Kier molecular flexibility index (Phi) is 5.46. The third kappa shape index (κ3) is 4.33. The molecule has 1 aliphatic heterocycles. The van der Waals surface area contributed by atoms with Gasteiger partial charge in [0.25, 0.3) is 0 Å². The highest BCUT2D eigenvalue weighted by Crippen LogP contribution is 2.24. The van der Waals surface area contributed by atoms with E-state index >= 15 is 0 Å². The molecule has 0 aliphatic carbocycles. The van der Waals surface area contributed by atoms with Crippen molar-refractivity contribution in [3.8, 4) is 0 Å². The van der Waals surface area contributed by atoms with Crippen molar-refractivity contribution in [1.29, 1.82) is 0 Å². The van der Waals surface area contributed by atoms with Crippen LogP contribution in [-0.4, -0.2) is 49.5 Å². The average molecular weight is 375 g/mol. The van der Waals surface area contributed by atoms with Crippen LogP contribution in [0.4, 0.5) is 11.8 Å². The molecule has 0 spiro atoms. The molecule has 0 bridgehead atoms. The molecule has 0 saturated carbocycles. The molecule has 2 aromatic rings. The summed E-state index contributed by atoms with van der Waals surface area (Å²) in [6.07, 6.45) is 0.652. The van der Waals surface area contributed by atoms with Crippen molar-refractivity contribution < 1.29 is 8.42 Å². The molecule has 1 fully saturated rings. The maximum absolute atomic E-state index is 11.8. The van der Waals surface area contributed by atoms with Gasteiger partial charge in [-0.25, -0.2) is 13.4 Å². The summed E-state index contributed by atoms with van der Waals surface area (Å²) in [7, 11) is -1.00. The average Bonchev–Trinajstić information content (AvgIpc) is 2.99. The largest absolute Gasteiger partial charge is 0.355 e. The molecule has 1 atom stereocenters. The molecule has 26 heavy (non-hydrogen) atoms. The van der Waals surface area contributed by atoms with Gasteiger partial charge in [0.1, 0.15) is 5.82 Å². The Labute approximate surface area is 155 Å². The molecule has 7 heteroatoms. The highest BCUT2D eigenvalue weighted by Gasteiger charge is 2.31. The van der Waals surface area contributed by atoms with Crippen LogP contribution in [0, 0.1) is 6.92 Å². The number of sulfone groups is 1. The molecule has 1 aromatic carbocycles. The lowest BCUT2D eigenvalue weighted by molar-refractivity contribution is 0.600. The van der Waals surface area contributed by atoms with Crippen LogP contribution in [0.25, 0.3) is 0 Å². The van der Waals surface area contributed by atoms with Crippen LogP contribution < -0.4 is 9.80 Å². The molecule has 3 rings (SSSR count). The third-order valence-electron chi connectivity index (χ3n) is 4.83. The Hall–Kier alpha value is -2.15. The van der Waals surface area contributed by atoms with Gasteiger partial charge in [-0.15, -0.1) is 0 Å². The Morgan fingerprint density at radius 2 is 1.92 bits per heavy atom. The monoisotopic (exact) mass is 374 g/mol. The zero-order valence-corrected chi connectivity index (χ0v) is 16.4. The fraction of sp³-hybridized carbons (Fsp3) is 0.474. The Balaban J connectivity index is 1.84. The summed E-state index contributed by atoms with van der Waals surface area (Å²) < 4.78 is 23.6. The summed E-state index contributed by atoms with van der Waals surface area (Å²) in [4.78, 5) is 13.5. The molecule has 0 N–H and O–H groups in total. The molecular weight excluding hydrogens is 348 g/mol. The van der Waals surface area contributed by atoms with Crippen molar-refractivity contribution in [3.05, 3.63) is 47.7 Å². The molecule has 1 unspecified atom stereocenters. The molecule has 0 radical (unpaired) electrons. The second kappa shape index (κ2) is 7.61. The highest BCUT2D eigenvalue weighted by atomic mass is 32.2. The number of benzene rings is 1. The van der Waals surface area contributed by atoms with Crippen LogP contribution in [-0.2, 0) is 16.4 Å². The van der Waals surface area contributed by atoms with E-state index in [9.17, 15) is 8.42 Å². The first-order valence-electron chi connectivity index (χ1n) is 8.96. The van der Waals surface area contributed by atoms with Crippen molar-refractivity contribution in [2.24, 2.45) is 0 Å². The van der Waals surface area contributed by atoms with Gasteiger partial charge in [0.15, 0.2) is 9.84 Å². The first kappa shape index (κ1) is 18.6. The van der Waals surface area contributed by atoms with Crippen LogP contribution in [0.15, 0.2) is 36.4 Å². The molecular formula is C19H26N4O2S. The molecule has 0 amide bonds. The third-order valence-corrected chi connectivity index (χ3v) is 6.58. The van der Waals surface area contributed by atoms with Crippen molar-refractivity contribution in [2.75, 3.05) is 34.9 Å². The molecule has 140 valence electrons. The number of rotatable bonds is 6. The van der Waals surface area contributed by atoms with E-state index in [0.29, 0.717) is 12.4 Å². The van der Waals surface area contributed by atoms with Crippen LogP contribution in [0.5, 0.6) is 0 Å². The lowest BCUT2D eigenvalue weighted by Gasteiger charge is -2.27. The second-order valence-corrected chi connectivity index (χ2v) is 9.06. The number of aromatic nitrogens is 2. The fourth-order valence-electron chi connectivity index (χ4n) is 3.25. The first-order valence-corrected chi connectivity index (χ1v) is 10.8. The number of nitrogens with zero attached hydrogens (tertiary/aromatic N) is 4. The minimum atomic E-state index is -2.93. The van der Waals surface area contributed by atoms with Gasteiger partial charge in [-0.1, -0.05) is 30.3 Å². The van der Waals surface area contributed by atoms with E-state index in [1.54, 1.807) is 0 Å². The quantitative estimate of drug-likeness (QED) is 0.774. The molecule has 1 saturated heterocycles. The van der Waals surface area contributed by atoms with E-state index in [4.69, 9.17) is 4.98 Å². The van der Waals surface area contributed by atoms with Crippen molar-refractivity contribution in [3.63, 3.8) is 0 Å². The molecule has 1 aliphatic rings. The fourth-order valence-corrected chi connectivity index (χ4v) is 5.03. The van der Waals surface area contributed by atoms with Gasteiger partial charge < -0.3 is 9.80 Å². The van der Waals surface area contributed by atoms with E-state index in [1.165, 1.54) is 5.56 Å². The number of hydrogen-bond acceptors (Lipinski definition) is 6. The first-order chi connectivity index (χ1) is 12.4. The van der Waals surface area contributed by atoms with Crippen molar-refractivity contribution >= 4 is 21.6 Å². The molecule has 2 heterocycles. The summed E-state index contributed by atoms with van der Waals surface area (Å²) in [5.41, 5.74) is 2.08. The summed E-state index contributed by atoms with van der Waals surface area (Å²) in [6.45, 7) is 5.56. The summed E-state index contributed by atoms with van der Waals surface area (Å²) in [5, 5.41) is 0. The van der Waals surface area contributed by atoms with Crippen LogP contribution in [0.3, 0.4) is 0 Å². The Bertz CT molecular complexity index is 855. The van der Waals surface area contributed by atoms with E-state index in [1.807, 2.05) is 43.1 Å². The smallest absolute Gasteiger partial charge is 0.227 e. The highest BCUT2D eigenvalue weighted by molar-refractivity contribution is 7.91. The second-order valence-electron chi connectivity index (χ2n) is 6.84. The molecule has 1 aromatic heterocycles. The summed E-state index contributed by atoms with van der Waals surface area (Å²) >= 11 is 0. The number of aryl methyl sites for hydroxylation is 1. The van der Waals surface area contributed by atoms with E-state index in [-0.39, 0.29) is 17.5 Å². The van der Waals surface area contributed by atoms with Crippen LogP contribution >= 0.6 is 0 Å². The van der Waals surface area contributed by atoms with E-state index in [0.717, 1.165) is 24.6 Å². The minimum absolute atomic E-state index is 0.0219. The van der Waals surface area contributed by atoms with Gasteiger partial charge in [-0.3, -0.25) is 0 Å². The maximum Gasteiger partial charge on any atom is 0.227 e. The van der Waals surface area contributed by atoms with Gasteiger partial charge in [0, 0.05) is 37.9 Å².